The molecule has 2 aromatic carbocycles. The van der Waals surface area contributed by atoms with Gasteiger partial charge in [0, 0.05) is 25.1 Å². The van der Waals surface area contributed by atoms with Gasteiger partial charge < -0.3 is 15.5 Å². The number of fused-ring (bicyclic) bond motifs is 1. The Morgan fingerprint density at radius 3 is 2.29 bits per heavy atom. The lowest BCUT2D eigenvalue weighted by atomic mass is 9.92. The highest BCUT2D eigenvalue weighted by atomic mass is 16.2. The van der Waals surface area contributed by atoms with Crippen LogP contribution >= 0.6 is 0 Å². The molecule has 1 atom stereocenters. The van der Waals surface area contributed by atoms with Crippen molar-refractivity contribution >= 4 is 23.4 Å². The first-order chi connectivity index (χ1) is 14.8. The van der Waals surface area contributed by atoms with Crippen LogP contribution in [0.5, 0.6) is 0 Å². The van der Waals surface area contributed by atoms with Crippen molar-refractivity contribution in [2.45, 2.75) is 53.1 Å². The summed E-state index contributed by atoms with van der Waals surface area (Å²) < 4.78 is 0. The Hall–Kier alpha value is -3.15. The zero-order chi connectivity index (χ0) is 22.5. The highest BCUT2D eigenvalue weighted by Gasteiger charge is 2.34. The van der Waals surface area contributed by atoms with E-state index >= 15 is 0 Å². The molecular formula is C25H31N3O3. The molecule has 2 N–H and O–H groups in total. The maximum atomic E-state index is 13.0. The van der Waals surface area contributed by atoms with E-state index in [1.807, 2.05) is 70.2 Å². The number of carbonyl (C=O) groups is 3. The molecule has 0 saturated carbocycles. The van der Waals surface area contributed by atoms with Crippen LogP contribution in [0.1, 0.15) is 42.5 Å². The van der Waals surface area contributed by atoms with Crippen molar-refractivity contribution in [3.63, 3.8) is 0 Å². The number of para-hydroxylation sites is 1. The number of anilines is 1. The first-order valence-electron chi connectivity index (χ1n) is 10.8. The molecule has 6 nitrogen and oxygen atoms in total. The third-order valence-electron chi connectivity index (χ3n) is 5.62. The van der Waals surface area contributed by atoms with Crippen molar-refractivity contribution in [1.82, 2.24) is 10.2 Å². The molecule has 31 heavy (non-hydrogen) atoms. The summed E-state index contributed by atoms with van der Waals surface area (Å²) in [5.74, 6) is -0.425. The minimum Gasteiger partial charge on any atom is -0.345 e. The van der Waals surface area contributed by atoms with E-state index in [1.165, 1.54) is 0 Å². The fraction of sp³-hybridized carbons (Fsp3) is 0.400. The van der Waals surface area contributed by atoms with Crippen LogP contribution in [0.15, 0.2) is 42.5 Å². The van der Waals surface area contributed by atoms with Crippen molar-refractivity contribution in [3.05, 3.63) is 64.7 Å². The van der Waals surface area contributed by atoms with Crippen LogP contribution in [0, 0.1) is 19.8 Å². The van der Waals surface area contributed by atoms with E-state index in [1.54, 1.807) is 4.90 Å². The number of amides is 3. The SMILES string of the molecule is Cc1cccc(C)c1NC(=O)CNC(=O)C1Cc2ccccc2CN1C(=O)CC(C)C. The number of rotatable bonds is 6. The molecular weight excluding hydrogens is 390 g/mol. The van der Waals surface area contributed by atoms with Crippen LogP contribution in [-0.2, 0) is 27.3 Å². The molecule has 0 aliphatic carbocycles. The van der Waals surface area contributed by atoms with E-state index in [4.69, 9.17) is 0 Å². The third kappa shape index (κ3) is 5.51. The average molecular weight is 422 g/mol. The molecule has 0 fully saturated rings. The van der Waals surface area contributed by atoms with Crippen LogP contribution in [0.2, 0.25) is 0 Å². The molecule has 6 heteroatoms. The van der Waals surface area contributed by atoms with Crippen molar-refractivity contribution < 1.29 is 14.4 Å². The number of hydrogen-bond acceptors (Lipinski definition) is 3. The summed E-state index contributed by atoms with van der Waals surface area (Å²) in [6.45, 7) is 8.11. The van der Waals surface area contributed by atoms with Gasteiger partial charge in [-0.2, -0.15) is 0 Å². The lowest BCUT2D eigenvalue weighted by Gasteiger charge is -2.36. The molecule has 1 heterocycles. The average Bonchev–Trinajstić information content (AvgIpc) is 2.73. The molecule has 1 aliphatic rings. The van der Waals surface area contributed by atoms with E-state index in [2.05, 4.69) is 10.6 Å². The number of hydrogen-bond donors (Lipinski definition) is 2. The van der Waals surface area contributed by atoms with Crippen LogP contribution in [-0.4, -0.2) is 35.2 Å². The lowest BCUT2D eigenvalue weighted by Crippen LogP contribution is -2.53. The van der Waals surface area contributed by atoms with Crippen molar-refractivity contribution in [3.8, 4) is 0 Å². The molecule has 0 bridgehead atoms. The van der Waals surface area contributed by atoms with Gasteiger partial charge in [-0.05, 0) is 42.0 Å². The summed E-state index contributed by atoms with van der Waals surface area (Å²) >= 11 is 0. The number of aryl methyl sites for hydroxylation is 2. The standard InChI is InChI=1S/C25H31N3O3/c1-16(2)12-23(30)28-15-20-11-6-5-10-19(20)13-21(28)25(31)26-14-22(29)27-24-17(3)8-7-9-18(24)4/h5-11,16,21H,12-15H2,1-4H3,(H,26,31)(H,27,29). The number of carbonyl (C=O) groups excluding carboxylic acids is 3. The highest BCUT2D eigenvalue weighted by molar-refractivity contribution is 5.97. The van der Waals surface area contributed by atoms with E-state index < -0.39 is 6.04 Å². The van der Waals surface area contributed by atoms with Crippen LogP contribution < -0.4 is 10.6 Å². The highest BCUT2D eigenvalue weighted by Crippen LogP contribution is 2.25. The fourth-order valence-corrected chi connectivity index (χ4v) is 3.97. The molecule has 0 aromatic heterocycles. The van der Waals surface area contributed by atoms with Gasteiger partial charge in [0.25, 0.3) is 0 Å². The minimum atomic E-state index is -0.617. The Morgan fingerprint density at radius 1 is 1.00 bits per heavy atom. The molecule has 1 aliphatic heterocycles. The van der Waals surface area contributed by atoms with Gasteiger partial charge in [-0.3, -0.25) is 14.4 Å². The van der Waals surface area contributed by atoms with E-state index in [-0.39, 0.29) is 30.2 Å². The van der Waals surface area contributed by atoms with Gasteiger partial charge in [-0.1, -0.05) is 56.3 Å². The van der Waals surface area contributed by atoms with Gasteiger partial charge in [-0.15, -0.1) is 0 Å². The van der Waals surface area contributed by atoms with E-state index in [9.17, 15) is 14.4 Å². The first-order valence-corrected chi connectivity index (χ1v) is 10.8. The number of nitrogens with zero attached hydrogens (tertiary/aromatic N) is 1. The van der Waals surface area contributed by atoms with Gasteiger partial charge in [0.15, 0.2) is 0 Å². The molecule has 2 aromatic rings. The summed E-state index contributed by atoms with van der Waals surface area (Å²) in [5.41, 5.74) is 4.83. The van der Waals surface area contributed by atoms with Gasteiger partial charge >= 0.3 is 0 Å². The number of nitrogens with one attached hydrogen (secondary N) is 2. The molecule has 3 amide bonds. The van der Waals surface area contributed by atoms with E-state index in [0.29, 0.717) is 19.4 Å². The smallest absolute Gasteiger partial charge is 0.243 e. The maximum Gasteiger partial charge on any atom is 0.243 e. The summed E-state index contributed by atoms with van der Waals surface area (Å²) in [6, 6.07) is 13.1. The topological polar surface area (TPSA) is 78.5 Å². The summed E-state index contributed by atoms with van der Waals surface area (Å²) in [6.07, 6.45) is 0.837. The molecule has 0 spiro atoms. The van der Waals surface area contributed by atoms with Crippen LogP contribution in [0.3, 0.4) is 0 Å². The first kappa shape index (κ1) is 22.5. The Balaban J connectivity index is 1.69. The normalized spacial score (nSPS) is 15.4. The number of benzene rings is 2. The second-order valence-electron chi connectivity index (χ2n) is 8.64. The largest absolute Gasteiger partial charge is 0.345 e. The summed E-state index contributed by atoms with van der Waals surface area (Å²) in [7, 11) is 0. The molecule has 0 radical (unpaired) electrons. The Morgan fingerprint density at radius 2 is 1.65 bits per heavy atom. The third-order valence-corrected chi connectivity index (χ3v) is 5.62. The molecule has 0 saturated heterocycles. The van der Waals surface area contributed by atoms with Crippen molar-refractivity contribution in [2.75, 3.05) is 11.9 Å². The lowest BCUT2D eigenvalue weighted by molar-refractivity contribution is -0.142. The van der Waals surface area contributed by atoms with Gasteiger partial charge in [0.05, 0.1) is 6.54 Å². The maximum absolute atomic E-state index is 13.0. The molecule has 1 unspecified atom stereocenters. The van der Waals surface area contributed by atoms with E-state index in [0.717, 1.165) is 27.9 Å². The Bertz CT molecular complexity index is 963. The minimum absolute atomic E-state index is 0.0374. The second-order valence-corrected chi connectivity index (χ2v) is 8.64. The Labute approximate surface area is 184 Å². The van der Waals surface area contributed by atoms with Crippen molar-refractivity contribution in [1.29, 1.82) is 0 Å². The zero-order valence-electron chi connectivity index (χ0n) is 18.7. The van der Waals surface area contributed by atoms with Crippen molar-refractivity contribution in [2.24, 2.45) is 5.92 Å². The van der Waals surface area contributed by atoms with Gasteiger partial charge in [-0.25, -0.2) is 0 Å². The predicted octanol–water partition coefficient (Wildman–Crippen LogP) is 3.36. The summed E-state index contributed by atoms with van der Waals surface area (Å²) in [4.78, 5) is 40.0. The zero-order valence-corrected chi connectivity index (χ0v) is 18.7. The van der Waals surface area contributed by atoms with Gasteiger partial charge in [0.2, 0.25) is 17.7 Å². The molecule has 3 rings (SSSR count). The summed E-state index contributed by atoms with van der Waals surface area (Å²) in [5, 5.41) is 5.61. The molecule has 164 valence electrons. The second kappa shape index (κ2) is 9.77. The van der Waals surface area contributed by atoms with Gasteiger partial charge in [0.1, 0.15) is 6.04 Å². The quantitative estimate of drug-likeness (QED) is 0.751. The fourth-order valence-electron chi connectivity index (χ4n) is 3.97. The van der Waals surface area contributed by atoms with Crippen LogP contribution in [0.4, 0.5) is 5.69 Å². The Kier molecular flexibility index (Phi) is 7.10. The predicted molar refractivity (Wildman–Crippen MR) is 121 cm³/mol. The van der Waals surface area contributed by atoms with Crippen LogP contribution in [0.25, 0.3) is 0 Å². The monoisotopic (exact) mass is 421 g/mol.